The Morgan fingerprint density at radius 3 is 2.60 bits per heavy atom. The molecule has 1 rings (SSSR count). The van der Waals surface area contributed by atoms with Gasteiger partial charge in [0.25, 0.3) is 0 Å². The highest BCUT2D eigenvalue weighted by Crippen LogP contribution is 2.07. The van der Waals surface area contributed by atoms with Gasteiger partial charge in [-0.25, -0.2) is 4.79 Å². The lowest BCUT2D eigenvalue weighted by molar-refractivity contribution is 0.0526. The van der Waals surface area contributed by atoms with E-state index in [0.29, 0.717) is 12.2 Å². The fourth-order valence-electron chi connectivity index (χ4n) is 1.13. The van der Waals surface area contributed by atoms with Crippen LogP contribution in [0.25, 0.3) is 6.08 Å². The van der Waals surface area contributed by atoms with Gasteiger partial charge in [-0.1, -0.05) is 40.2 Å². The summed E-state index contributed by atoms with van der Waals surface area (Å²) >= 11 is 3.30. The van der Waals surface area contributed by atoms with Crippen molar-refractivity contribution in [1.82, 2.24) is 0 Å². The summed E-state index contributed by atoms with van der Waals surface area (Å²) in [5, 5.41) is 0.826. The first-order valence-corrected chi connectivity index (χ1v) is 5.89. The fourth-order valence-corrected chi connectivity index (χ4v) is 1.31. The minimum absolute atomic E-state index is 0.270. The van der Waals surface area contributed by atoms with E-state index < -0.39 is 0 Å². The van der Waals surface area contributed by atoms with E-state index in [2.05, 4.69) is 15.9 Å². The molecular formula is C12H13BrO2. The van der Waals surface area contributed by atoms with Crippen LogP contribution in [0.5, 0.6) is 0 Å². The van der Waals surface area contributed by atoms with Gasteiger partial charge in [0.05, 0.1) is 12.2 Å². The maximum Gasteiger partial charge on any atom is 0.338 e. The number of carbonyl (C=O) groups is 1. The molecule has 80 valence electrons. The van der Waals surface area contributed by atoms with E-state index in [1.165, 1.54) is 0 Å². The summed E-state index contributed by atoms with van der Waals surface area (Å²) in [6.07, 6.45) is 3.99. The molecule has 0 saturated carbocycles. The van der Waals surface area contributed by atoms with Gasteiger partial charge in [0.15, 0.2) is 0 Å². The molecule has 0 atom stereocenters. The summed E-state index contributed by atoms with van der Waals surface area (Å²) in [7, 11) is 0. The van der Waals surface area contributed by atoms with Crippen LogP contribution in [0.2, 0.25) is 0 Å². The van der Waals surface area contributed by atoms with Crippen LogP contribution in [-0.2, 0) is 4.74 Å². The summed E-state index contributed by atoms with van der Waals surface area (Å²) < 4.78 is 4.88. The van der Waals surface area contributed by atoms with Crippen LogP contribution < -0.4 is 0 Å². The number of carbonyl (C=O) groups excluding carboxylic acids is 1. The van der Waals surface area contributed by atoms with Gasteiger partial charge >= 0.3 is 5.97 Å². The minimum Gasteiger partial charge on any atom is -0.462 e. The molecule has 0 saturated heterocycles. The number of ether oxygens (including phenoxy) is 1. The fraction of sp³-hybridized carbons (Fsp3) is 0.250. The predicted molar refractivity (Wildman–Crippen MR) is 65.2 cm³/mol. The molecule has 0 spiro atoms. The van der Waals surface area contributed by atoms with Crippen molar-refractivity contribution in [1.29, 1.82) is 0 Å². The Hall–Kier alpha value is -1.09. The van der Waals surface area contributed by atoms with Crippen molar-refractivity contribution < 1.29 is 9.53 Å². The number of allylic oxidation sites excluding steroid dienone is 1. The highest BCUT2D eigenvalue weighted by molar-refractivity contribution is 9.09. The number of benzene rings is 1. The standard InChI is InChI=1S/C12H13BrO2/c1-2-15-12(14)11-7-5-10(6-8-11)4-3-9-13/h3-8H,2,9H2,1H3. The molecule has 0 bridgehead atoms. The van der Waals surface area contributed by atoms with E-state index in [4.69, 9.17) is 4.74 Å². The first-order chi connectivity index (χ1) is 7.27. The van der Waals surface area contributed by atoms with Gasteiger partial charge in [0.1, 0.15) is 0 Å². The van der Waals surface area contributed by atoms with Gasteiger partial charge in [-0.05, 0) is 24.6 Å². The zero-order chi connectivity index (χ0) is 11.1. The van der Waals surface area contributed by atoms with Crippen LogP contribution in [0.15, 0.2) is 30.3 Å². The summed E-state index contributed by atoms with van der Waals surface area (Å²) in [5.74, 6) is -0.270. The molecule has 0 heterocycles. The molecule has 3 heteroatoms. The molecule has 1 aromatic carbocycles. The second-order valence-electron chi connectivity index (χ2n) is 2.90. The largest absolute Gasteiger partial charge is 0.462 e. The molecule has 0 unspecified atom stereocenters. The van der Waals surface area contributed by atoms with Crippen molar-refractivity contribution in [2.24, 2.45) is 0 Å². The van der Waals surface area contributed by atoms with Crippen LogP contribution in [-0.4, -0.2) is 17.9 Å². The lowest BCUT2D eigenvalue weighted by Crippen LogP contribution is -2.03. The number of esters is 1. The summed E-state index contributed by atoms with van der Waals surface area (Å²) in [6, 6.07) is 7.33. The minimum atomic E-state index is -0.270. The first-order valence-electron chi connectivity index (χ1n) is 4.77. The normalized spacial score (nSPS) is 10.5. The van der Waals surface area contributed by atoms with Crippen molar-refractivity contribution in [2.45, 2.75) is 6.92 Å². The van der Waals surface area contributed by atoms with Crippen molar-refractivity contribution >= 4 is 28.0 Å². The maximum absolute atomic E-state index is 11.3. The number of halogens is 1. The van der Waals surface area contributed by atoms with Crippen molar-refractivity contribution in [3.63, 3.8) is 0 Å². The third-order valence-corrected chi connectivity index (χ3v) is 2.20. The Morgan fingerprint density at radius 1 is 1.40 bits per heavy atom. The van der Waals surface area contributed by atoms with Gasteiger partial charge in [-0.15, -0.1) is 0 Å². The summed E-state index contributed by atoms with van der Waals surface area (Å²) in [4.78, 5) is 11.3. The molecule has 1 aromatic rings. The van der Waals surface area contributed by atoms with Crippen molar-refractivity contribution in [2.75, 3.05) is 11.9 Å². The lowest BCUT2D eigenvalue weighted by atomic mass is 10.1. The highest BCUT2D eigenvalue weighted by Gasteiger charge is 2.04. The topological polar surface area (TPSA) is 26.3 Å². The van der Waals surface area contributed by atoms with Crippen LogP contribution in [0.1, 0.15) is 22.8 Å². The Kier molecular flexibility index (Phi) is 5.12. The Morgan fingerprint density at radius 2 is 2.07 bits per heavy atom. The highest BCUT2D eigenvalue weighted by atomic mass is 79.9. The van der Waals surface area contributed by atoms with Crippen molar-refractivity contribution in [3.8, 4) is 0 Å². The maximum atomic E-state index is 11.3. The summed E-state index contributed by atoms with van der Waals surface area (Å²) in [5.41, 5.74) is 1.66. The Labute approximate surface area is 98.1 Å². The van der Waals surface area contributed by atoms with E-state index >= 15 is 0 Å². The SMILES string of the molecule is CCOC(=O)c1ccc(C=CCBr)cc1. The first kappa shape index (κ1) is 12.0. The number of hydrogen-bond donors (Lipinski definition) is 0. The quantitative estimate of drug-likeness (QED) is 0.619. The second-order valence-corrected chi connectivity index (χ2v) is 3.55. The van der Waals surface area contributed by atoms with E-state index in [0.717, 1.165) is 10.9 Å². The van der Waals surface area contributed by atoms with Gasteiger partial charge in [0, 0.05) is 5.33 Å². The van der Waals surface area contributed by atoms with Crippen LogP contribution in [0.3, 0.4) is 0 Å². The van der Waals surface area contributed by atoms with E-state index in [1.54, 1.807) is 19.1 Å². The molecule has 0 radical (unpaired) electrons. The number of rotatable bonds is 4. The second kappa shape index (κ2) is 6.40. The number of alkyl halides is 1. The smallest absolute Gasteiger partial charge is 0.338 e. The zero-order valence-electron chi connectivity index (χ0n) is 8.57. The molecule has 2 nitrogen and oxygen atoms in total. The van der Waals surface area contributed by atoms with Gasteiger partial charge in [-0.2, -0.15) is 0 Å². The number of hydrogen-bond acceptors (Lipinski definition) is 2. The molecule has 0 aliphatic rings. The lowest BCUT2D eigenvalue weighted by Gasteiger charge is -2.01. The molecule has 0 aliphatic heterocycles. The molecule has 0 amide bonds. The van der Waals surface area contributed by atoms with E-state index in [-0.39, 0.29) is 5.97 Å². The molecule has 0 aromatic heterocycles. The third kappa shape index (κ3) is 3.88. The average molecular weight is 269 g/mol. The predicted octanol–water partition coefficient (Wildman–Crippen LogP) is 3.27. The molecule has 0 aliphatic carbocycles. The van der Waals surface area contributed by atoms with Gasteiger partial charge in [-0.3, -0.25) is 0 Å². The molecule has 0 fully saturated rings. The Bertz CT molecular complexity index is 341. The zero-order valence-corrected chi connectivity index (χ0v) is 10.2. The van der Waals surface area contributed by atoms with Gasteiger partial charge in [0.2, 0.25) is 0 Å². The van der Waals surface area contributed by atoms with Gasteiger partial charge < -0.3 is 4.74 Å². The van der Waals surface area contributed by atoms with Crippen LogP contribution >= 0.6 is 15.9 Å². The van der Waals surface area contributed by atoms with Crippen molar-refractivity contribution in [3.05, 3.63) is 41.5 Å². The Balaban J connectivity index is 2.71. The van der Waals surface area contributed by atoms with E-state index in [9.17, 15) is 4.79 Å². The average Bonchev–Trinajstić information content (AvgIpc) is 2.27. The third-order valence-electron chi connectivity index (χ3n) is 1.82. The summed E-state index contributed by atoms with van der Waals surface area (Å²) in [6.45, 7) is 2.20. The van der Waals surface area contributed by atoms with Crippen LogP contribution in [0, 0.1) is 0 Å². The monoisotopic (exact) mass is 268 g/mol. The van der Waals surface area contributed by atoms with E-state index in [1.807, 2.05) is 24.3 Å². The van der Waals surface area contributed by atoms with Crippen LogP contribution in [0.4, 0.5) is 0 Å². The molecule has 0 N–H and O–H groups in total. The molecular weight excluding hydrogens is 256 g/mol. The molecule has 15 heavy (non-hydrogen) atoms.